The highest BCUT2D eigenvalue weighted by molar-refractivity contribution is 7.89. The molecule has 4 rings (SSSR count). The lowest BCUT2D eigenvalue weighted by Crippen LogP contribution is -2.30. The fourth-order valence-electron chi connectivity index (χ4n) is 4.02. The quantitative estimate of drug-likeness (QED) is 0.506. The molecule has 2 heterocycles. The molecule has 1 aliphatic heterocycles. The monoisotopic (exact) mass is 484 g/mol. The normalized spacial score (nSPS) is 15.3. The van der Waals surface area contributed by atoms with E-state index < -0.39 is 10.0 Å². The van der Waals surface area contributed by atoms with E-state index in [1.165, 1.54) is 23.0 Å². The molecule has 3 aromatic rings. The van der Waals surface area contributed by atoms with Gasteiger partial charge in [-0.1, -0.05) is 37.3 Å². The maximum absolute atomic E-state index is 13.3. The van der Waals surface area contributed by atoms with Crippen molar-refractivity contribution in [2.75, 3.05) is 20.2 Å². The Kier molecular flexibility index (Phi) is 7.17. The largest absolute Gasteiger partial charge is 0.495 e. The Morgan fingerprint density at radius 1 is 1.12 bits per heavy atom. The minimum absolute atomic E-state index is 0.0273. The number of carbonyl (C=O) groups excluding carboxylic acids is 1. The van der Waals surface area contributed by atoms with Gasteiger partial charge in [0.05, 0.1) is 13.2 Å². The second kappa shape index (κ2) is 10.1. The molecule has 8 heteroatoms. The third-order valence-electron chi connectivity index (χ3n) is 5.93. The van der Waals surface area contributed by atoms with E-state index >= 15 is 0 Å². The van der Waals surface area contributed by atoms with Crippen LogP contribution in [0.2, 0.25) is 0 Å². The molecule has 6 nitrogen and oxygen atoms in total. The van der Waals surface area contributed by atoms with Gasteiger partial charge in [0.25, 0.3) is 5.91 Å². The van der Waals surface area contributed by atoms with Crippen LogP contribution in [-0.2, 0) is 16.4 Å². The van der Waals surface area contributed by atoms with Crippen LogP contribution in [0.5, 0.6) is 5.75 Å². The third kappa shape index (κ3) is 4.98. The molecular weight excluding hydrogens is 456 g/mol. The van der Waals surface area contributed by atoms with Gasteiger partial charge in [0.15, 0.2) is 0 Å². The summed E-state index contributed by atoms with van der Waals surface area (Å²) in [6, 6.07) is 16.4. The number of hydrogen-bond acceptors (Lipinski definition) is 5. The molecule has 1 saturated heterocycles. The van der Waals surface area contributed by atoms with E-state index in [0.29, 0.717) is 13.1 Å². The highest BCUT2D eigenvalue weighted by Crippen LogP contribution is 2.31. The number of thiophene rings is 1. The van der Waals surface area contributed by atoms with Crippen LogP contribution in [-0.4, -0.2) is 38.8 Å². The number of carbonyl (C=O) groups is 1. The number of amides is 1. The maximum atomic E-state index is 13.3. The van der Waals surface area contributed by atoms with Crippen molar-refractivity contribution in [3.63, 3.8) is 0 Å². The summed E-state index contributed by atoms with van der Waals surface area (Å²) in [7, 11) is -2.30. The predicted octanol–water partition coefficient (Wildman–Crippen LogP) is 4.62. The van der Waals surface area contributed by atoms with E-state index in [9.17, 15) is 13.2 Å². The van der Waals surface area contributed by atoms with Crippen molar-refractivity contribution in [2.45, 2.75) is 37.1 Å². The average Bonchev–Trinajstić information content (AvgIpc) is 3.57. The summed E-state index contributed by atoms with van der Waals surface area (Å²) in [5.41, 5.74) is 2.48. The number of sulfonamides is 1. The molecule has 0 aliphatic carbocycles. The van der Waals surface area contributed by atoms with E-state index in [1.54, 1.807) is 23.5 Å². The number of nitrogens with one attached hydrogen (secondary N) is 1. The number of ether oxygens (including phenoxy) is 1. The Hall–Kier alpha value is -2.68. The van der Waals surface area contributed by atoms with Crippen molar-refractivity contribution in [1.82, 2.24) is 9.62 Å². The summed E-state index contributed by atoms with van der Waals surface area (Å²) >= 11 is 1.57. The average molecular weight is 485 g/mol. The molecule has 0 radical (unpaired) electrons. The van der Waals surface area contributed by atoms with Crippen molar-refractivity contribution in [2.24, 2.45) is 0 Å². The minimum Gasteiger partial charge on any atom is -0.495 e. The lowest BCUT2D eigenvalue weighted by atomic mass is 10.0. The zero-order chi connectivity index (χ0) is 23.4. The van der Waals surface area contributed by atoms with Crippen LogP contribution in [0.4, 0.5) is 0 Å². The molecule has 1 amide bonds. The van der Waals surface area contributed by atoms with E-state index in [4.69, 9.17) is 4.74 Å². The first-order chi connectivity index (χ1) is 15.9. The van der Waals surface area contributed by atoms with E-state index in [2.05, 4.69) is 24.4 Å². The summed E-state index contributed by atoms with van der Waals surface area (Å²) in [4.78, 5) is 14.3. The van der Waals surface area contributed by atoms with Gasteiger partial charge < -0.3 is 10.1 Å². The molecule has 0 saturated carbocycles. The van der Waals surface area contributed by atoms with E-state index in [-0.39, 0.29) is 28.2 Å². The van der Waals surface area contributed by atoms with Crippen LogP contribution < -0.4 is 10.1 Å². The molecule has 1 unspecified atom stereocenters. The highest BCUT2D eigenvalue weighted by atomic mass is 32.2. The third-order valence-corrected chi connectivity index (χ3v) is 8.79. The summed E-state index contributed by atoms with van der Waals surface area (Å²) in [5.74, 6) is -0.100. The second-order valence-electron chi connectivity index (χ2n) is 7.99. The number of rotatable bonds is 8. The van der Waals surface area contributed by atoms with Crippen molar-refractivity contribution in [1.29, 1.82) is 0 Å². The van der Waals surface area contributed by atoms with Crippen LogP contribution in [0.3, 0.4) is 0 Å². The fraction of sp³-hybridized carbons (Fsp3) is 0.320. The lowest BCUT2D eigenvalue weighted by molar-refractivity contribution is 0.0943. The number of methoxy groups -OCH3 is 1. The Bertz CT molecular complexity index is 1200. The Morgan fingerprint density at radius 3 is 2.45 bits per heavy atom. The molecule has 33 heavy (non-hydrogen) atoms. The molecule has 1 fully saturated rings. The van der Waals surface area contributed by atoms with Crippen LogP contribution in [0.1, 0.15) is 52.2 Å². The standard InChI is InChI=1S/C25H28N2O4S2/c1-3-18-8-10-19(11-9-18)24(22-7-6-16-32-22)26-25(28)20-12-13-21(31-2)23(17-20)33(29,30)27-14-4-5-15-27/h6-13,16-17,24H,3-5,14-15H2,1-2H3,(H,26,28). The van der Waals surface area contributed by atoms with Crippen LogP contribution >= 0.6 is 11.3 Å². The molecule has 0 bridgehead atoms. The summed E-state index contributed by atoms with van der Waals surface area (Å²) in [6.45, 7) is 3.07. The molecular formula is C25H28N2O4S2. The Labute approximate surface area is 199 Å². The number of aryl methyl sites for hydroxylation is 1. The smallest absolute Gasteiger partial charge is 0.252 e. The Balaban J connectivity index is 1.66. The van der Waals surface area contributed by atoms with Gasteiger partial charge in [-0.05, 0) is 60.0 Å². The maximum Gasteiger partial charge on any atom is 0.252 e. The first kappa shape index (κ1) is 23.5. The van der Waals surface area contributed by atoms with Crippen molar-refractivity contribution in [3.05, 3.63) is 81.5 Å². The zero-order valence-electron chi connectivity index (χ0n) is 18.8. The van der Waals surface area contributed by atoms with Crippen molar-refractivity contribution < 1.29 is 17.9 Å². The second-order valence-corrected chi connectivity index (χ2v) is 10.9. The number of benzene rings is 2. The zero-order valence-corrected chi connectivity index (χ0v) is 20.4. The van der Waals surface area contributed by atoms with Crippen molar-refractivity contribution in [3.8, 4) is 5.75 Å². The Morgan fingerprint density at radius 2 is 1.85 bits per heavy atom. The first-order valence-corrected chi connectivity index (χ1v) is 13.4. The van der Waals surface area contributed by atoms with Gasteiger partial charge in [0.1, 0.15) is 10.6 Å². The number of nitrogens with zero attached hydrogens (tertiary/aromatic N) is 1. The van der Waals surface area contributed by atoms with Gasteiger partial charge in [0.2, 0.25) is 10.0 Å². The van der Waals surface area contributed by atoms with E-state index in [0.717, 1.165) is 29.7 Å². The summed E-state index contributed by atoms with van der Waals surface area (Å²) in [6.07, 6.45) is 2.61. The molecule has 1 aliphatic rings. The van der Waals surface area contributed by atoms with Gasteiger partial charge in [-0.3, -0.25) is 4.79 Å². The molecule has 1 aromatic heterocycles. The first-order valence-electron chi connectivity index (χ1n) is 11.1. The van der Waals surface area contributed by atoms with Crippen LogP contribution in [0.15, 0.2) is 64.9 Å². The topological polar surface area (TPSA) is 75.7 Å². The summed E-state index contributed by atoms with van der Waals surface area (Å²) < 4.78 is 33.2. The van der Waals surface area contributed by atoms with E-state index in [1.807, 2.05) is 29.6 Å². The van der Waals surface area contributed by atoms with Crippen molar-refractivity contribution >= 4 is 27.3 Å². The van der Waals surface area contributed by atoms with Crippen LogP contribution in [0.25, 0.3) is 0 Å². The van der Waals surface area contributed by atoms with Gasteiger partial charge in [-0.2, -0.15) is 4.31 Å². The molecule has 174 valence electrons. The van der Waals surface area contributed by atoms with Gasteiger partial charge in [0, 0.05) is 23.5 Å². The predicted molar refractivity (Wildman–Crippen MR) is 130 cm³/mol. The molecule has 1 atom stereocenters. The fourth-order valence-corrected chi connectivity index (χ4v) is 6.52. The highest BCUT2D eigenvalue weighted by Gasteiger charge is 2.31. The van der Waals surface area contributed by atoms with Gasteiger partial charge in [-0.25, -0.2) is 8.42 Å². The van der Waals surface area contributed by atoms with Gasteiger partial charge >= 0.3 is 0 Å². The van der Waals surface area contributed by atoms with Gasteiger partial charge in [-0.15, -0.1) is 11.3 Å². The lowest BCUT2D eigenvalue weighted by Gasteiger charge is -2.20. The van der Waals surface area contributed by atoms with Crippen LogP contribution in [0, 0.1) is 0 Å². The molecule has 1 N–H and O–H groups in total. The minimum atomic E-state index is -3.74. The SMILES string of the molecule is CCc1ccc(C(NC(=O)c2ccc(OC)c(S(=O)(=O)N3CCCC3)c2)c2cccs2)cc1. The molecule has 2 aromatic carbocycles. The number of hydrogen-bond donors (Lipinski definition) is 1. The molecule has 0 spiro atoms. The summed E-state index contributed by atoms with van der Waals surface area (Å²) in [5, 5.41) is 5.07.